The molecule has 1 fully saturated rings. The second-order valence-corrected chi connectivity index (χ2v) is 5.56. The van der Waals surface area contributed by atoms with Gasteiger partial charge >= 0.3 is 5.97 Å². The molecule has 1 amide bonds. The van der Waals surface area contributed by atoms with Gasteiger partial charge in [-0.15, -0.1) is 0 Å². The van der Waals surface area contributed by atoms with Gasteiger partial charge in [-0.2, -0.15) is 0 Å². The number of carboxylic acids is 1. The molecular formula is C16H21NO4. The predicted molar refractivity (Wildman–Crippen MR) is 78.2 cm³/mol. The minimum absolute atomic E-state index is 0.0349. The summed E-state index contributed by atoms with van der Waals surface area (Å²) in [6.07, 6.45) is 1.02. The van der Waals surface area contributed by atoms with Gasteiger partial charge in [-0.05, 0) is 45.7 Å². The largest absolute Gasteiger partial charge is 0.481 e. The highest BCUT2D eigenvalue weighted by Crippen LogP contribution is 2.30. The summed E-state index contributed by atoms with van der Waals surface area (Å²) in [5, 5.41) is 9.15. The number of benzene rings is 1. The number of rotatable bonds is 6. The Hall–Kier alpha value is -2.04. The fourth-order valence-corrected chi connectivity index (χ4v) is 2.24. The second-order valence-electron chi connectivity index (χ2n) is 5.56. The van der Waals surface area contributed by atoms with Gasteiger partial charge in [0.05, 0.1) is 0 Å². The molecule has 2 unspecified atom stereocenters. The average Bonchev–Trinajstić information content (AvgIpc) is 3.25. The van der Waals surface area contributed by atoms with Crippen LogP contribution in [0, 0.1) is 6.92 Å². The van der Waals surface area contributed by atoms with Crippen molar-refractivity contribution in [1.82, 2.24) is 4.90 Å². The van der Waals surface area contributed by atoms with Crippen molar-refractivity contribution in [3.05, 3.63) is 29.8 Å². The lowest BCUT2D eigenvalue weighted by Crippen LogP contribution is -2.49. The molecule has 1 aromatic rings. The summed E-state index contributed by atoms with van der Waals surface area (Å²) in [5.74, 6) is -0.647. The Labute approximate surface area is 124 Å². The molecule has 1 N–H and O–H groups in total. The number of carbonyl (C=O) groups excluding carboxylic acids is 1. The standard InChI is InChI=1S/C16H21NO4/c1-10-4-8-14(9-5-10)21-12(3)15(18)17(13-6-7-13)11(2)16(19)20/h4-5,8-9,11-13H,6-7H2,1-3H3,(H,19,20). The number of aryl methyl sites for hydroxylation is 1. The van der Waals surface area contributed by atoms with E-state index in [9.17, 15) is 9.59 Å². The Morgan fingerprint density at radius 1 is 1.24 bits per heavy atom. The molecule has 0 bridgehead atoms. The number of ether oxygens (including phenoxy) is 1. The number of aliphatic carboxylic acids is 1. The van der Waals surface area contributed by atoms with Crippen LogP contribution in [-0.4, -0.2) is 40.1 Å². The molecular weight excluding hydrogens is 270 g/mol. The third kappa shape index (κ3) is 3.74. The summed E-state index contributed by atoms with van der Waals surface area (Å²) in [4.78, 5) is 25.1. The highest BCUT2D eigenvalue weighted by molar-refractivity contribution is 5.86. The van der Waals surface area contributed by atoms with Crippen LogP contribution in [-0.2, 0) is 9.59 Å². The van der Waals surface area contributed by atoms with Crippen LogP contribution < -0.4 is 4.74 Å². The third-order valence-electron chi connectivity index (χ3n) is 3.65. The van der Waals surface area contributed by atoms with Crippen molar-refractivity contribution in [3.63, 3.8) is 0 Å². The normalized spacial score (nSPS) is 16.9. The van der Waals surface area contributed by atoms with Crippen LogP contribution in [0.3, 0.4) is 0 Å². The molecule has 1 aliphatic carbocycles. The van der Waals surface area contributed by atoms with Gasteiger partial charge in [0.1, 0.15) is 11.8 Å². The van der Waals surface area contributed by atoms with Crippen molar-refractivity contribution in [3.8, 4) is 5.75 Å². The van der Waals surface area contributed by atoms with E-state index in [0.29, 0.717) is 5.75 Å². The molecule has 0 aliphatic heterocycles. The van der Waals surface area contributed by atoms with Gasteiger partial charge in [0, 0.05) is 6.04 Å². The fraction of sp³-hybridized carbons (Fsp3) is 0.500. The van der Waals surface area contributed by atoms with Crippen LogP contribution in [0.5, 0.6) is 5.75 Å². The van der Waals surface area contributed by atoms with Crippen molar-refractivity contribution in [2.45, 2.75) is 51.8 Å². The first-order valence-corrected chi connectivity index (χ1v) is 7.18. The lowest BCUT2D eigenvalue weighted by atomic mass is 10.2. The van der Waals surface area contributed by atoms with Crippen LogP contribution in [0.25, 0.3) is 0 Å². The topological polar surface area (TPSA) is 66.8 Å². The lowest BCUT2D eigenvalue weighted by molar-refractivity contribution is -0.153. The summed E-state index contributed by atoms with van der Waals surface area (Å²) in [6, 6.07) is 6.64. The molecule has 2 rings (SSSR count). The quantitative estimate of drug-likeness (QED) is 0.872. The molecule has 114 valence electrons. The van der Waals surface area contributed by atoms with Crippen molar-refractivity contribution in [1.29, 1.82) is 0 Å². The second kappa shape index (κ2) is 6.16. The summed E-state index contributed by atoms with van der Waals surface area (Å²) < 4.78 is 5.64. The first-order chi connectivity index (χ1) is 9.90. The molecule has 0 heterocycles. The number of nitrogens with zero attached hydrogens (tertiary/aromatic N) is 1. The number of carboxylic acid groups (broad SMARTS) is 1. The average molecular weight is 291 g/mol. The monoisotopic (exact) mass is 291 g/mol. The number of carbonyl (C=O) groups is 2. The highest BCUT2D eigenvalue weighted by Gasteiger charge is 2.40. The van der Waals surface area contributed by atoms with Gasteiger partial charge in [-0.1, -0.05) is 17.7 Å². The van der Waals surface area contributed by atoms with Gasteiger partial charge in [0.2, 0.25) is 0 Å². The molecule has 0 spiro atoms. The van der Waals surface area contributed by atoms with E-state index < -0.39 is 18.1 Å². The van der Waals surface area contributed by atoms with Crippen LogP contribution >= 0.6 is 0 Å². The van der Waals surface area contributed by atoms with E-state index in [0.717, 1.165) is 18.4 Å². The molecule has 0 aromatic heterocycles. The minimum Gasteiger partial charge on any atom is -0.481 e. The SMILES string of the molecule is Cc1ccc(OC(C)C(=O)N(C2CC2)C(C)C(=O)O)cc1. The maximum atomic E-state index is 12.5. The van der Waals surface area contributed by atoms with Crippen LogP contribution in [0.15, 0.2) is 24.3 Å². The predicted octanol–water partition coefficient (Wildman–Crippen LogP) is 2.23. The summed E-state index contributed by atoms with van der Waals surface area (Å²) >= 11 is 0. The molecule has 1 saturated carbocycles. The van der Waals surface area contributed by atoms with E-state index in [4.69, 9.17) is 9.84 Å². The van der Waals surface area contributed by atoms with E-state index in [2.05, 4.69) is 0 Å². The Balaban J connectivity index is 2.05. The molecule has 5 heteroatoms. The highest BCUT2D eigenvalue weighted by atomic mass is 16.5. The number of amides is 1. The van der Waals surface area contributed by atoms with Gasteiger partial charge in [0.15, 0.2) is 6.10 Å². The Morgan fingerprint density at radius 3 is 2.29 bits per heavy atom. The summed E-state index contributed by atoms with van der Waals surface area (Å²) in [6.45, 7) is 5.17. The Morgan fingerprint density at radius 2 is 1.81 bits per heavy atom. The van der Waals surface area contributed by atoms with Crippen LogP contribution in [0.4, 0.5) is 0 Å². The molecule has 0 saturated heterocycles. The zero-order valence-electron chi connectivity index (χ0n) is 12.6. The van der Waals surface area contributed by atoms with Gasteiger partial charge in [-0.3, -0.25) is 4.79 Å². The lowest BCUT2D eigenvalue weighted by Gasteiger charge is -2.29. The number of hydrogen-bond acceptors (Lipinski definition) is 3. The van der Waals surface area contributed by atoms with E-state index in [-0.39, 0.29) is 11.9 Å². The Kier molecular flexibility index (Phi) is 4.50. The van der Waals surface area contributed by atoms with Crippen molar-refractivity contribution >= 4 is 11.9 Å². The van der Waals surface area contributed by atoms with E-state index in [1.54, 1.807) is 19.1 Å². The molecule has 5 nitrogen and oxygen atoms in total. The van der Waals surface area contributed by atoms with Crippen LogP contribution in [0.2, 0.25) is 0 Å². The third-order valence-corrected chi connectivity index (χ3v) is 3.65. The van der Waals surface area contributed by atoms with Gasteiger partial charge < -0.3 is 14.7 Å². The van der Waals surface area contributed by atoms with Crippen molar-refractivity contribution in [2.24, 2.45) is 0 Å². The summed E-state index contributed by atoms with van der Waals surface area (Å²) in [5.41, 5.74) is 1.11. The molecule has 1 aromatic carbocycles. The molecule has 21 heavy (non-hydrogen) atoms. The smallest absolute Gasteiger partial charge is 0.326 e. The maximum Gasteiger partial charge on any atom is 0.326 e. The summed E-state index contributed by atoms with van der Waals surface area (Å²) in [7, 11) is 0. The Bertz CT molecular complexity index is 522. The van der Waals surface area contributed by atoms with Gasteiger partial charge in [0.25, 0.3) is 5.91 Å². The first kappa shape index (κ1) is 15.4. The van der Waals surface area contributed by atoms with Gasteiger partial charge in [-0.25, -0.2) is 4.79 Å². The fourth-order valence-electron chi connectivity index (χ4n) is 2.24. The first-order valence-electron chi connectivity index (χ1n) is 7.18. The molecule has 1 aliphatic rings. The zero-order chi connectivity index (χ0) is 15.6. The van der Waals surface area contributed by atoms with E-state index in [1.165, 1.54) is 11.8 Å². The maximum absolute atomic E-state index is 12.5. The zero-order valence-corrected chi connectivity index (χ0v) is 12.6. The molecule has 0 radical (unpaired) electrons. The van der Waals surface area contributed by atoms with Crippen LogP contribution in [0.1, 0.15) is 32.3 Å². The van der Waals surface area contributed by atoms with E-state index >= 15 is 0 Å². The minimum atomic E-state index is -0.988. The number of hydrogen-bond donors (Lipinski definition) is 1. The van der Waals surface area contributed by atoms with E-state index in [1.807, 2.05) is 19.1 Å². The van der Waals surface area contributed by atoms with Crippen molar-refractivity contribution in [2.75, 3.05) is 0 Å². The molecule has 2 atom stereocenters. The van der Waals surface area contributed by atoms with Crippen molar-refractivity contribution < 1.29 is 19.4 Å².